The smallest absolute Gasteiger partial charge is 0.243 e. The number of rotatable bonds is 6. The molecule has 3 aromatic rings. The number of piperazine rings is 1. The lowest BCUT2D eigenvalue weighted by Crippen LogP contribution is -2.50. The van der Waals surface area contributed by atoms with Gasteiger partial charge in [-0.2, -0.15) is 4.31 Å². The van der Waals surface area contributed by atoms with E-state index in [-0.39, 0.29) is 17.3 Å². The predicted molar refractivity (Wildman–Crippen MR) is 127 cm³/mol. The first kappa shape index (κ1) is 22.5. The Kier molecular flexibility index (Phi) is 6.91. The van der Waals surface area contributed by atoms with Crippen molar-refractivity contribution in [1.29, 1.82) is 0 Å². The van der Waals surface area contributed by atoms with Crippen molar-refractivity contribution in [3.05, 3.63) is 83.9 Å². The zero-order valence-corrected chi connectivity index (χ0v) is 19.0. The Morgan fingerprint density at radius 2 is 1.47 bits per heavy atom. The van der Waals surface area contributed by atoms with E-state index < -0.39 is 10.0 Å². The summed E-state index contributed by atoms with van der Waals surface area (Å²) in [5.74, 6) is -0.123. The molecule has 0 bridgehead atoms. The number of para-hydroxylation sites is 1. The van der Waals surface area contributed by atoms with E-state index in [9.17, 15) is 13.2 Å². The molecule has 1 aliphatic heterocycles. The van der Waals surface area contributed by atoms with Gasteiger partial charge in [0.15, 0.2) is 0 Å². The maximum absolute atomic E-state index is 12.8. The lowest BCUT2D eigenvalue weighted by Gasteiger charge is -2.33. The van der Waals surface area contributed by atoms with E-state index in [0.717, 1.165) is 16.8 Å². The van der Waals surface area contributed by atoms with Crippen molar-refractivity contribution >= 4 is 33.2 Å². The summed E-state index contributed by atoms with van der Waals surface area (Å²) in [4.78, 5) is 14.9. The van der Waals surface area contributed by atoms with Gasteiger partial charge in [-0.15, -0.1) is 0 Å². The number of hydrogen-bond acceptors (Lipinski definition) is 4. The monoisotopic (exact) mass is 469 g/mol. The van der Waals surface area contributed by atoms with Gasteiger partial charge in [0.1, 0.15) is 0 Å². The highest BCUT2D eigenvalue weighted by atomic mass is 35.5. The summed E-state index contributed by atoms with van der Waals surface area (Å²) in [6.45, 7) is 1.84. The number of halogens is 1. The third-order valence-corrected chi connectivity index (χ3v) is 7.60. The van der Waals surface area contributed by atoms with Crippen molar-refractivity contribution in [3.63, 3.8) is 0 Å². The quantitative estimate of drug-likeness (QED) is 0.593. The van der Waals surface area contributed by atoms with Crippen LogP contribution in [-0.4, -0.2) is 56.3 Å². The Morgan fingerprint density at radius 3 is 2.16 bits per heavy atom. The highest BCUT2D eigenvalue weighted by molar-refractivity contribution is 7.89. The predicted octanol–water partition coefficient (Wildman–Crippen LogP) is 3.95. The number of nitrogens with zero attached hydrogens (tertiary/aromatic N) is 2. The Bertz CT molecular complexity index is 1180. The fraction of sp³-hybridized carbons (Fsp3) is 0.208. The summed E-state index contributed by atoms with van der Waals surface area (Å²) in [6, 6.07) is 23.8. The molecule has 0 atom stereocenters. The van der Waals surface area contributed by atoms with Crippen molar-refractivity contribution in [2.45, 2.75) is 4.90 Å². The molecule has 8 heteroatoms. The molecule has 1 heterocycles. The number of nitrogens with one attached hydrogen (secondary N) is 1. The van der Waals surface area contributed by atoms with Gasteiger partial charge in [-0.05, 0) is 35.9 Å². The van der Waals surface area contributed by atoms with Crippen molar-refractivity contribution in [2.75, 3.05) is 38.0 Å². The van der Waals surface area contributed by atoms with Gasteiger partial charge in [0, 0.05) is 42.5 Å². The largest absolute Gasteiger partial charge is 0.324 e. The molecule has 0 unspecified atom stereocenters. The van der Waals surface area contributed by atoms with E-state index in [0.29, 0.717) is 31.2 Å². The van der Waals surface area contributed by atoms with Crippen LogP contribution in [0.15, 0.2) is 83.8 Å². The second kappa shape index (κ2) is 9.83. The molecule has 1 N–H and O–H groups in total. The van der Waals surface area contributed by atoms with Gasteiger partial charge in [0.25, 0.3) is 0 Å². The molecular weight excluding hydrogens is 446 g/mol. The third kappa shape index (κ3) is 5.19. The summed E-state index contributed by atoms with van der Waals surface area (Å²) >= 11 is 5.86. The highest BCUT2D eigenvalue weighted by Crippen LogP contribution is 2.27. The van der Waals surface area contributed by atoms with Crippen LogP contribution in [-0.2, 0) is 14.8 Å². The summed E-state index contributed by atoms with van der Waals surface area (Å²) in [7, 11) is -3.57. The van der Waals surface area contributed by atoms with Gasteiger partial charge in [0.05, 0.1) is 11.4 Å². The molecule has 0 saturated carbocycles. The second-order valence-electron chi connectivity index (χ2n) is 7.59. The van der Waals surface area contributed by atoms with Crippen molar-refractivity contribution in [1.82, 2.24) is 9.21 Å². The molecule has 6 nitrogen and oxygen atoms in total. The fourth-order valence-corrected chi connectivity index (χ4v) is 5.29. The number of amides is 1. The lowest BCUT2D eigenvalue weighted by molar-refractivity contribution is -0.117. The van der Waals surface area contributed by atoms with Crippen LogP contribution in [0.3, 0.4) is 0 Å². The van der Waals surface area contributed by atoms with Crippen LogP contribution < -0.4 is 5.32 Å². The van der Waals surface area contributed by atoms with Crippen LogP contribution in [0.25, 0.3) is 11.1 Å². The molecule has 1 amide bonds. The Hall–Kier alpha value is -2.71. The maximum atomic E-state index is 12.8. The minimum absolute atomic E-state index is 0.123. The Labute approximate surface area is 193 Å². The van der Waals surface area contributed by atoms with Crippen LogP contribution in [0.1, 0.15) is 0 Å². The van der Waals surface area contributed by atoms with Crippen molar-refractivity contribution < 1.29 is 13.2 Å². The average Bonchev–Trinajstić information content (AvgIpc) is 2.80. The molecule has 166 valence electrons. The van der Waals surface area contributed by atoms with Gasteiger partial charge in [-0.25, -0.2) is 8.42 Å². The summed E-state index contributed by atoms with van der Waals surface area (Å²) in [6.07, 6.45) is 0. The molecule has 0 aliphatic carbocycles. The Balaban J connectivity index is 1.35. The molecule has 0 spiro atoms. The van der Waals surface area contributed by atoms with Gasteiger partial charge in [-0.3, -0.25) is 9.69 Å². The average molecular weight is 470 g/mol. The van der Waals surface area contributed by atoms with Gasteiger partial charge in [0.2, 0.25) is 15.9 Å². The number of anilines is 1. The molecule has 0 aromatic heterocycles. The number of carbonyl (C=O) groups is 1. The summed E-state index contributed by atoms with van der Waals surface area (Å²) in [5, 5.41) is 3.50. The van der Waals surface area contributed by atoms with Crippen molar-refractivity contribution in [2.24, 2.45) is 0 Å². The van der Waals surface area contributed by atoms with E-state index in [1.807, 2.05) is 59.5 Å². The number of sulfonamides is 1. The van der Waals surface area contributed by atoms with E-state index in [1.165, 1.54) is 16.4 Å². The third-order valence-electron chi connectivity index (χ3n) is 5.44. The summed E-state index contributed by atoms with van der Waals surface area (Å²) < 4.78 is 27.1. The lowest BCUT2D eigenvalue weighted by atomic mass is 10.0. The normalized spacial score (nSPS) is 15.4. The van der Waals surface area contributed by atoms with E-state index in [1.54, 1.807) is 12.1 Å². The Morgan fingerprint density at radius 1 is 0.844 bits per heavy atom. The van der Waals surface area contributed by atoms with Crippen LogP contribution in [0.4, 0.5) is 5.69 Å². The molecule has 3 aromatic carbocycles. The topological polar surface area (TPSA) is 69.7 Å². The first-order valence-corrected chi connectivity index (χ1v) is 12.2. The van der Waals surface area contributed by atoms with Crippen LogP contribution in [0, 0.1) is 0 Å². The van der Waals surface area contributed by atoms with Crippen LogP contribution >= 0.6 is 11.6 Å². The molecule has 0 radical (unpaired) electrons. The van der Waals surface area contributed by atoms with E-state index >= 15 is 0 Å². The van der Waals surface area contributed by atoms with Crippen LogP contribution in [0.2, 0.25) is 5.02 Å². The number of benzene rings is 3. The minimum Gasteiger partial charge on any atom is -0.324 e. The fourth-order valence-electron chi connectivity index (χ4n) is 3.74. The number of hydrogen-bond donors (Lipinski definition) is 1. The molecule has 1 saturated heterocycles. The molecule has 1 aliphatic rings. The van der Waals surface area contributed by atoms with E-state index in [4.69, 9.17) is 11.6 Å². The first-order chi connectivity index (χ1) is 15.4. The first-order valence-electron chi connectivity index (χ1n) is 10.4. The maximum Gasteiger partial charge on any atom is 0.243 e. The zero-order chi connectivity index (χ0) is 22.6. The number of carbonyl (C=O) groups excluding carboxylic acids is 1. The highest BCUT2D eigenvalue weighted by Gasteiger charge is 2.29. The van der Waals surface area contributed by atoms with Gasteiger partial charge < -0.3 is 5.32 Å². The van der Waals surface area contributed by atoms with Crippen LogP contribution in [0.5, 0.6) is 0 Å². The SMILES string of the molecule is O=C(CN1CCN(S(=O)(=O)c2ccc(Cl)cc2)CC1)Nc1ccccc1-c1ccccc1. The molecule has 32 heavy (non-hydrogen) atoms. The zero-order valence-electron chi connectivity index (χ0n) is 17.4. The standard InChI is InChI=1S/C24H24ClN3O3S/c25-20-10-12-21(13-11-20)32(30,31)28-16-14-27(15-17-28)18-24(29)26-23-9-5-4-8-22(23)19-6-2-1-3-7-19/h1-13H,14-18H2,(H,26,29). The van der Waals surface area contributed by atoms with E-state index in [2.05, 4.69) is 5.32 Å². The minimum atomic E-state index is -3.57. The molecular formula is C24H24ClN3O3S. The molecule has 4 rings (SSSR count). The van der Waals surface area contributed by atoms with Crippen molar-refractivity contribution in [3.8, 4) is 11.1 Å². The summed E-state index contributed by atoms with van der Waals surface area (Å²) in [5.41, 5.74) is 2.75. The second-order valence-corrected chi connectivity index (χ2v) is 9.97. The van der Waals surface area contributed by atoms with Gasteiger partial charge >= 0.3 is 0 Å². The molecule has 1 fully saturated rings. The van der Waals surface area contributed by atoms with Gasteiger partial charge in [-0.1, -0.05) is 60.1 Å².